The smallest absolute Gasteiger partial charge is 0.315 e. The first-order chi connectivity index (χ1) is 6.84. The molecule has 0 bridgehead atoms. The number of carboxylic acids is 1. The number of hydrogen-bond acceptors (Lipinski definition) is 2. The van der Waals surface area contributed by atoms with Crippen LogP contribution in [0.3, 0.4) is 0 Å². The summed E-state index contributed by atoms with van der Waals surface area (Å²) in [6.07, 6.45) is 0.892. The first-order valence-electron chi connectivity index (χ1n) is 5.12. The van der Waals surface area contributed by atoms with Gasteiger partial charge in [0, 0.05) is 5.69 Å². The van der Waals surface area contributed by atoms with Crippen LogP contribution in [-0.4, -0.2) is 21.3 Å². The predicted molar refractivity (Wildman–Crippen MR) is 57.8 cm³/mol. The van der Waals surface area contributed by atoms with E-state index in [9.17, 15) is 4.79 Å². The van der Waals surface area contributed by atoms with Crippen molar-refractivity contribution in [2.45, 2.75) is 39.5 Å². The Bertz CT molecular complexity index is 353. The molecule has 0 amide bonds. The quantitative estimate of drug-likeness (QED) is 0.798. The van der Waals surface area contributed by atoms with Crippen LogP contribution in [0.4, 0.5) is 0 Å². The molecule has 0 aliphatic carbocycles. The van der Waals surface area contributed by atoms with Gasteiger partial charge in [-0.25, -0.2) is 0 Å². The van der Waals surface area contributed by atoms with Crippen molar-refractivity contribution in [3.05, 3.63) is 17.5 Å². The number of carbonyl (C=O) groups is 1. The summed E-state index contributed by atoms with van der Waals surface area (Å²) in [6.45, 7) is 7.54. The molecule has 1 aromatic heterocycles. The molecule has 1 aromatic rings. The van der Waals surface area contributed by atoms with Gasteiger partial charge >= 0.3 is 5.97 Å². The Kier molecular flexibility index (Phi) is 3.17. The zero-order valence-electron chi connectivity index (χ0n) is 9.66. The van der Waals surface area contributed by atoms with Crippen LogP contribution in [0.2, 0.25) is 0 Å². The minimum atomic E-state index is -0.925. The van der Waals surface area contributed by atoms with E-state index < -0.39 is 11.4 Å². The normalized spacial score (nSPS) is 12.1. The highest BCUT2D eigenvalue weighted by atomic mass is 16.4. The maximum atomic E-state index is 11.0. The lowest BCUT2D eigenvalue weighted by Crippen LogP contribution is -2.28. The zero-order valence-corrected chi connectivity index (χ0v) is 9.66. The predicted octanol–water partition coefficient (Wildman–Crippen LogP) is 1.97. The molecule has 0 aliphatic rings. The van der Waals surface area contributed by atoms with Gasteiger partial charge in [-0.2, -0.15) is 5.10 Å². The van der Waals surface area contributed by atoms with E-state index in [4.69, 9.17) is 5.11 Å². The van der Waals surface area contributed by atoms with Gasteiger partial charge in [-0.05, 0) is 32.3 Å². The van der Waals surface area contributed by atoms with Crippen molar-refractivity contribution < 1.29 is 9.90 Å². The largest absolute Gasteiger partial charge is 0.481 e. The Morgan fingerprint density at radius 1 is 1.60 bits per heavy atom. The molecule has 0 atom stereocenters. The lowest BCUT2D eigenvalue weighted by atomic mass is 9.89. The average Bonchev–Trinajstić information content (AvgIpc) is 2.51. The number of aromatic nitrogens is 2. The Balaban J connectivity index is 2.89. The maximum absolute atomic E-state index is 11.0. The minimum absolute atomic E-state index is 0.534. The molecule has 0 aliphatic heterocycles. The summed E-state index contributed by atoms with van der Waals surface area (Å²) < 4.78 is 0. The molecule has 2 N–H and O–H groups in total. The second-order valence-corrected chi connectivity index (χ2v) is 4.81. The fraction of sp³-hybridized carbons (Fsp3) is 0.636. The molecule has 0 fully saturated rings. The molecule has 0 unspecified atom stereocenters. The molecule has 0 saturated carbocycles. The van der Waals surface area contributed by atoms with Crippen molar-refractivity contribution in [1.29, 1.82) is 0 Å². The molecule has 15 heavy (non-hydrogen) atoms. The summed E-state index contributed by atoms with van der Waals surface area (Å²) in [4.78, 5) is 11.0. The lowest BCUT2D eigenvalue weighted by Gasteiger charge is -2.15. The van der Waals surface area contributed by atoms with Crippen LogP contribution in [0.15, 0.2) is 6.07 Å². The van der Waals surface area contributed by atoms with Gasteiger partial charge in [-0.15, -0.1) is 0 Å². The standard InChI is InChI=1S/C11H18N2O2/c1-7(2)5-8-6-9(13-12-8)11(3,4)10(14)15/h6-7H,5H2,1-4H3,(H,12,13)(H,14,15). The van der Waals surface area contributed by atoms with Gasteiger partial charge in [0.1, 0.15) is 5.41 Å². The number of hydrogen-bond donors (Lipinski definition) is 2. The van der Waals surface area contributed by atoms with Crippen LogP contribution in [0.25, 0.3) is 0 Å². The van der Waals surface area contributed by atoms with Crippen molar-refractivity contribution in [2.24, 2.45) is 5.92 Å². The average molecular weight is 210 g/mol. The highest BCUT2D eigenvalue weighted by Crippen LogP contribution is 2.22. The van der Waals surface area contributed by atoms with Gasteiger partial charge in [-0.3, -0.25) is 9.89 Å². The van der Waals surface area contributed by atoms with E-state index in [-0.39, 0.29) is 0 Å². The summed E-state index contributed by atoms with van der Waals surface area (Å²) in [7, 11) is 0. The number of aromatic amines is 1. The van der Waals surface area contributed by atoms with Crippen LogP contribution in [0.5, 0.6) is 0 Å². The monoisotopic (exact) mass is 210 g/mol. The molecule has 1 rings (SSSR count). The lowest BCUT2D eigenvalue weighted by molar-refractivity contribution is -0.142. The van der Waals surface area contributed by atoms with E-state index >= 15 is 0 Å². The van der Waals surface area contributed by atoms with Crippen molar-refractivity contribution in [3.8, 4) is 0 Å². The number of aliphatic carboxylic acids is 1. The van der Waals surface area contributed by atoms with Crippen molar-refractivity contribution in [1.82, 2.24) is 10.2 Å². The van der Waals surface area contributed by atoms with Crippen molar-refractivity contribution >= 4 is 5.97 Å². The van der Waals surface area contributed by atoms with Gasteiger partial charge in [0.25, 0.3) is 0 Å². The fourth-order valence-electron chi connectivity index (χ4n) is 1.34. The molecule has 0 radical (unpaired) electrons. The number of nitrogens with zero attached hydrogens (tertiary/aromatic N) is 1. The zero-order chi connectivity index (χ0) is 11.6. The third-order valence-electron chi connectivity index (χ3n) is 2.43. The number of carboxylic acid groups (broad SMARTS) is 1. The third kappa shape index (κ3) is 2.58. The van der Waals surface area contributed by atoms with E-state index in [0.717, 1.165) is 12.1 Å². The summed E-state index contributed by atoms with van der Waals surface area (Å²) in [5, 5.41) is 16.0. The van der Waals surface area contributed by atoms with E-state index in [2.05, 4.69) is 24.0 Å². The first kappa shape index (κ1) is 11.8. The topological polar surface area (TPSA) is 66.0 Å². The Hall–Kier alpha value is -1.32. The highest BCUT2D eigenvalue weighted by Gasteiger charge is 2.32. The Morgan fingerprint density at radius 3 is 2.67 bits per heavy atom. The molecular weight excluding hydrogens is 192 g/mol. The Labute approximate surface area is 89.7 Å². The van der Waals surface area contributed by atoms with E-state index in [1.165, 1.54) is 0 Å². The molecular formula is C11H18N2O2. The van der Waals surface area contributed by atoms with E-state index in [1.807, 2.05) is 6.07 Å². The van der Waals surface area contributed by atoms with Crippen molar-refractivity contribution in [2.75, 3.05) is 0 Å². The fourth-order valence-corrected chi connectivity index (χ4v) is 1.34. The molecule has 0 saturated heterocycles. The third-order valence-corrected chi connectivity index (χ3v) is 2.43. The molecule has 0 spiro atoms. The highest BCUT2D eigenvalue weighted by molar-refractivity contribution is 5.79. The van der Waals surface area contributed by atoms with Gasteiger partial charge in [0.15, 0.2) is 0 Å². The molecule has 4 nitrogen and oxygen atoms in total. The number of nitrogens with one attached hydrogen (secondary N) is 1. The first-order valence-corrected chi connectivity index (χ1v) is 5.12. The van der Waals surface area contributed by atoms with Gasteiger partial charge in [0.2, 0.25) is 0 Å². The summed E-state index contributed by atoms with van der Waals surface area (Å²) >= 11 is 0. The summed E-state index contributed by atoms with van der Waals surface area (Å²) in [5.41, 5.74) is 0.658. The van der Waals surface area contributed by atoms with Crippen molar-refractivity contribution in [3.63, 3.8) is 0 Å². The molecule has 84 valence electrons. The van der Waals surface area contributed by atoms with Gasteiger partial charge in [-0.1, -0.05) is 13.8 Å². The maximum Gasteiger partial charge on any atom is 0.315 e. The second kappa shape index (κ2) is 4.04. The van der Waals surface area contributed by atoms with Crippen LogP contribution in [0, 0.1) is 5.92 Å². The van der Waals surface area contributed by atoms with Crippen LogP contribution in [0.1, 0.15) is 39.1 Å². The van der Waals surface area contributed by atoms with Crippen LogP contribution < -0.4 is 0 Å². The number of H-pyrrole nitrogens is 1. The van der Waals surface area contributed by atoms with Gasteiger partial charge < -0.3 is 5.11 Å². The van der Waals surface area contributed by atoms with E-state index in [0.29, 0.717) is 11.6 Å². The van der Waals surface area contributed by atoms with Gasteiger partial charge in [0.05, 0.1) is 5.69 Å². The molecule has 4 heteroatoms. The van der Waals surface area contributed by atoms with Crippen LogP contribution >= 0.6 is 0 Å². The summed E-state index contributed by atoms with van der Waals surface area (Å²) in [5.74, 6) is -0.323. The minimum Gasteiger partial charge on any atom is -0.481 e. The molecule has 0 aromatic carbocycles. The van der Waals surface area contributed by atoms with E-state index in [1.54, 1.807) is 13.8 Å². The molecule has 1 heterocycles. The van der Waals surface area contributed by atoms with Crippen LogP contribution in [-0.2, 0) is 16.6 Å². The second-order valence-electron chi connectivity index (χ2n) is 4.81. The summed E-state index contributed by atoms with van der Waals surface area (Å²) in [6, 6.07) is 1.84. The SMILES string of the molecule is CC(C)Cc1cc(C(C)(C)C(=O)O)n[nH]1. The number of rotatable bonds is 4. The Morgan fingerprint density at radius 2 is 2.20 bits per heavy atom.